The predicted octanol–water partition coefficient (Wildman–Crippen LogP) is 3.04. The van der Waals surface area contributed by atoms with Gasteiger partial charge in [0.05, 0.1) is 0 Å². The number of hydrogen-bond donors (Lipinski definition) is 2. The minimum Gasteiger partial charge on any atom is -0.399 e. The molecule has 0 radical (unpaired) electrons. The summed E-state index contributed by atoms with van der Waals surface area (Å²) in [6, 6.07) is 6.89. The van der Waals surface area contributed by atoms with Crippen molar-refractivity contribution < 1.29 is 0 Å². The van der Waals surface area contributed by atoms with Gasteiger partial charge in [-0.05, 0) is 55.5 Å². The average molecular weight is 218 g/mol. The molecule has 0 fully saturated rings. The van der Waals surface area contributed by atoms with Crippen molar-refractivity contribution in [3.63, 3.8) is 0 Å². The highest BCUT2D eigenvalue weighted by Gasteiger charge is 2.19. The molecule has 1 aliphatic rings. The molecule has 1 atom stereocenters. The first-order valence-electron chi connectivity index (χ1n) is 6.43. The molecule has 0 aromatic heterocycles. The quantitative estimate of drug-likeness (QED) is 0.602. The van der Waals surface area contributed by atoms with E-state index >= 15 is 0 Å². The van der Waals surface area contributed by atoms with Crippen LogP contribution < -0.4 is 11.1 Å². The molecule has 0 saturated carbocycles. The Bertz CT molecular complexity index is 347. The van der Waals surface area contributed by atoms with Gasteiger partial charge in [-0.25, -0.2) is 0 Å². The second kappa shape index (κ2) is 5.35. The lowest BCUT2D eigenvalue weighted by Crippen LogP contribution is -2.26. The third kappa shape index (κ3) is 2.56. The zero-order chi connectivity index (χ0) is 11.4. The summed E-state index contributed by atoms with van der Waals surface area (Å²) >= 11 is 0. The number of nitrogen functional groups attached to an aromatic ring is 1. The fourth-order valence-electron chi connectivity index (χ4n) is 2.48. The fraction of sp³-hybridized carbons (Fsp3) is 0.571. The maximum Gasteiger partial charge on any atom is 0.0323 e. The molecule has 2 rings (SSSR count). The van der Waals surface area contributed by atoms with Crippen molar-refractivity contribution >= 4 is 5.69 Å². The van der Waals surface area contributed by atoms with Crippen LogP contribution in [0.1, 0.15) is 49.8 Å². The highest BCUT2D eigenvalue weighted by molar-refractivity contribution is 5.46. The monoisotopic (exact) mass is 218 g/mol. The third-order valence-electron chi connectivity index (χ3n) is 3.41. The molecule has 1 aliphatic carbocycles. The van der Waals surface area contributed by atoms with Crippen LogP contribution in [0.2, 0.25) is 0 Å². The number of nitrogens with one attached hydrogen (secondary N) is 1. The summed E-state index contributed by atoms with van der Waals surface area (Å²) in [4.78, 5) is 0. The molecule has 0 spiro atoms. The van der Waals surface area contributed by atoms with Crippen LogP contribution in [-0.4, -0.2) is 6.54 Å². The predicted molar refractivity (Wildman–Crippen MR) is 69.4 cm³/mol. The smallest absolute Gasteiger partial charge is 0.0323 e. The van der Waals surface area contributed by atoms with E-state index in [1.54, 1.807) is 0 Å². The normalized spacial score (nSPS) is 19.4. The van der Waals surface area contributed by atoms with Crippen molar-refractivity contribution in [3.8, 4) is 0 Å². The number of anilines is 1. The van der Waals surface area contributed by atoms with Gasteiger partial charge in [0.1, 0.15) is 0 Å². The van der Waals surface area contributed by atoms with Crippen molar-refractivity contribution in [1.82, 2.24) is 5.32 Å². The molecular formula is C14H22N2. The minimum atomic E-state index is 0.527. The van der Waals surface area contributed by atoms with Gasteiger partial charge in [-0.3, -0.25) is 0 Å². The standard InChI is InChI=1S/C14H22N2/c1-2-3-9-16-14-6-4-5-11-7-8-12(15)10-13(11)14/h7-8,10,14,16H,2-6,9,15H2,1H3. The number of nitrogens with two attached hydrogens (primary N) is 1. The van der Waals surface area contributed by atoms with Crippen LogP contribution in [0.4, 0.5) is 5.69 Å². The molecule has 1 aromatic rings. The lowest BCUT2D eigenvalue weighted by atomic mass is 9.87. The Morgan fingerprint density at radius 2 is 2.31 bits per heavy atom. The highest BCUT2D eigenvalue weighted by atomic mass is 14.9. The van der Waals surface area contributed by atoms with Crippen molar-refractivity contribution in [1.29, 1.82) is 0 Å². The summed E-state index contributed by atoms with van der Waals surface area (Å²) in [5.41, 5.74) is 9.68. The van der Waals surface area contributed by atoms with E-state index in [-0.39, 0.29) is 0 Å². The van der Waals surface area contributed by atoms with Crippen LogP contribution in [0.15, 0.2) is 18.2 Å². The zero-order valence-corrected chi connectivity index (χ0v) is 10.1. The van der Waals surface area contributed by atoms with Crippen LogP contribution >= 0.6 is 0 Å². The van der Waals surface area contributed by atoms with E-state index in [0.29, 0.717) is 6.04 Å². The van der Waals surface area contributed by atoms with Gasteiger partial charge in [0, 0.05) is 11.7 Å². The molecule has 2 nitrogen and oxygen atoms in total. The summed E-state index contributed by atoms with van der Waals surface area (Å²) in [6.45, 7) is 3.35. The molecule has 2 heteroatoms. The SMILES string of the molecule is CCCCNC1CCCc2ccc(N)cc21. The average Bonchev–Trinajstić information content (AvgIpc) is 2.30. The van der Waals surface area contributed by atoms with E-state index in [1.165, 1.54) is 43.2 Å². The number of benzene rings is 1. The van der Waals surface area contributed by atoms with Crippen LogP contribution in [0.3, 0.4) is 0 Å². The maximum atomic E-state index is 5.87. The van der Waals surface area contributed by atoms with Crippen molar-refractivity contribution in [2.45, 2.75) is 45.1 Å². The van der Waals surface area contributed by atoms with E-state index in [4.69, 9.17) is 5.73 Å². The number of rotatable bonds is 4. The molecule has 0 bridgehead atoms. The third-order valence-corrected chi connectivity index (χ3v) is 3.41. The summed E-state index contributed by atoms with van der Waals surface area (Å²) in [6.07, 6.45) is 6.26. The van der Waals surface area contributed by atoms with Crippen LogP contribution in [0.5, 0.6) is 0 Å². The van der Waals surface area contributed by atoms with E-state index < -0.39 is 0 Å². The number of unbranched alkanes of at least 4 members (excludes halogenated alkanes) is 1. The summed E-state index contributed by atoms with van der Waals surface area (Å²) < 4.78 is 0. The first-order chi connectivity index (χ1) is 7.81. The Labute approximate surface area is 98.2 Å². The molecule has 16 heavy (non-hydrogen) atoms. The number of hydrogen-bond acceptors (Lipinski definition) is 2. The van der Waals surface area contributed by atoms with Gasteiger partial charge < -0.3 is 11.1 Å². The molecule has 0 aliphatic heterocycles. The van der Waals surface area contributed by atoms with E-state index in [0.717, 1.165) is 12.2 Å². The van der Waals surface area contributed by atoms with Gasteiger partial charge in [0.15, 0.2) is 0 Å². The second-order valence-corrected chi connectivity index (χ2v) is 4.71. The van der Waals surface area contributed by atoms with Crippen molar-refractivity contribution in [2.75, 3.05) is 12.3 Å². The van der Waals surface area contributed by atoms with Gasteiger partial charge in [0.25, 0.3) is 0 Å². The van der Waals surface area contributed by atoms with Gasteiger partial charge in [-0.1, -0.05) is 19.4 Å². The lowest BCUT2D eigenvalue weighted by molar-refractivity contribution is 0.455. The molecule has 0 saturated heterocycles. The molecule has 88 valence electrons. The largest absolute Gasteiger partial charge is 0.399 e. The number of aryl methyl sites for hydroxylation is 1. The lowest BCUT2D eigenvalue weighted by Gasteiger charge is -2.26. The molecular weight excluding hydrogens is 196 g/mol. The Kier molecular flexibility index (Phi) is 3.83. The minimum absolute atomic E-state index is 0.527. The Morgan fingerprint density at radius 3 is 3.12 bits per heavy atom. The van der Waals surface area contributed by atoms with Crippen LogP contribution in [0.25, 0.3) is 0 Å². The first kappa shape index (κ1) is 11.5. The van der Waals surface area contributed by atoms with E-state index in [2.05, 4.69) is 24.4 Å². The summed E-state index contributed by atoms with van der Waals surface area (Å²) in [5, 5.41) is 3.65. The topological polar surface area (TPSA) is 38.0 Å². The Balaban J connectivity index is 2.09. The number of fused-ring (bicyclic) bond motifs is 1. The second-order valence-electron chi connectivity index (χ2n) is 4.71. The maximum absolute atomic E-state index is 5.87. The van der Waals surface area contributed by atoms with Gasteiger partial charge in [-0.2, -0.15) is 0 Å². The van der Waals surface area contributed by atoms with Crippen molar-refractivity contribution in [2.24, 2.45) is 0 Å². The highest BCUT2D eigenvalue weighted by Crippen LogP contribution is 2.30. The fourth-order valence-corrected chi connectivity index (χ4v) is 2.48. The molecule has 3 N–H and O–H groups in total. The van der Waals surface area contributed by atoms with Crippen LogP contribution in [-0.2, 0) is 6.42 Å². The Morgan fingerprint density at radius 1 is 1.44 bits per heavy atom. The molecule has 0 amide bonds. The summed E-state index contributed by atoms with van der Waals surface area (Å²) in [7, 11) is 0. The van der Waals surface area contributed by atoms with Gasteiger partial charge in [0.2, 0.25) is 0 Å². The first-order valence-corrected chi connectivity index (χ1v) is 6.43. The summed E-state index contributed by atoms with van der Waals surface area (Å²) in [5.74, 6) is 0. The van der Waals surface area contributed by atoms with E-state index in [9.17, 15) is 0 Å². The Hall–Kier alpha value is -1.02. The molecule has 1 unspecified atom stereocenters. The zero-order valence-electron chi connectivity index (χ0n) is 10.1. The van der Waals surface area contributed by atoms with Gasteiger partial charge >= 0.3 is 0 Å². The van der Waals surface area contributed by atoms with Crippen LogP contribution in [0, 0.1) is 0 Å². The van der Waals surface area contributed by atoms with Crippen molar-refractivity contribution in [3.05, 3.63) is 29.3 Å². The molecule has 1 aromatic carbocycles. The molecule has 0 heterocycles. The van der Waals surface area contributed by atoms with E-state index in [1.807, 2.05) is 6.07 Å². The van der Waals surface area contributed by atoms with Gasteiger partial charge in [-0.15, -0.1) is 0 Å².